The van der Waals surface area contributed by atoms with Crippen LogP contribution in [0.5, 0.6) is 0 Å². The Morgan fingerprint density at radius 2 is 2.20 bits per heavy atom. The molecule has 0 aliphatic rings. The van der Waals surface area contributed by atoms with E-state index in [2.05, 4.69) is 10.1 Å². The lowest BCUT2D eigenvalue weighted by Crippen LogP contribution is -2.25. The predicted octanol–water partition coefficient (Wildman–Crippen LogP) is 3.29. The number of hydrogen-bond donors (Lipinski definition) is 1. The van der Waals surface area contributed by atoms with Gasteiger partial charge in [0.2, 0.25) is 5.89 Å². The second-order valence-corrected chi connectivity index (χ2v) is 5.23. The molecule has 0 bridgehead atoms. The number of hydrogen-bond acceptors (Lipinski definition) is 4. The van der Waals surface area contributed by atoms with E-state index in [1.165, 1.54) is 12.1 Å². The number of aromatic nitrogens is 2. The number of nitrogens with two attached hydrogens (primary N) is 1. The van der Waals surface area contributed by atoms with Gasteiger partial charge in [0.25, 0.3) is 0 Å². The Balaban J connectivity index is 2.13. The van der Waals surface area contributed by atoms with Gasteiger partial charge in [-0.15, -0.1) is 0 Å². The molecule has 4 nitrogen and oxygen atoms in total. The third kappa shape index (κ3) is 3.35. The van der Waals surface area contributed by atoms with E-state index in [0.29, 0.717) is 23.2 Å². The van der Waals surface area contributed by atoms with Crippen molar-refractivity contribution < 1.29 is 8.91 Å². The van der Waals surface area contributed by atoms with Crippen LogP contribution in [0.1, 0.15) is 43.5 Å². The van der Waals surface area contributed by atoms with Gasteiger partial charge in [-0.05, 0) is 24.1 Å². The molecule has 2 aromatic rings. The highest BCUT2D eigenvalue weighted by Crippen LogP contribution is 2.22. The number of rotatable bonds is 5. The molecule has 1 heterocycles. The summed E-state index contributed by atoms with van der Waals surface area (Å²) in [5.74, 6) is 0.677. The molecule has 1 aromatic carbocycles. The van der Waals surface area contributed by atoms with Gasteiger partial charge in [0.15, 0.2) is 5.82 Å². The Hall–Kier alpha value is -1.46. The highest BCUT2D eigenvalue weighted by molar-refractivity contribution is 6.31. The Morgan fingerprint density at radius 1 is 1.45 bits per heavy atom. The van der Waals surface area contributed by atoms with Crippen molar-refractivity contribution in [1.82, 2.24) is 10.1 Å². The monoisotopic (exact) mass is 297 g/mol. The second-order valence-electron chi connectivity index (χ2n) is 4.82. The third-order valence-corrected chi connectivity index (χ3v) is 3.70. The van der Waals surface area contributed by atoms with E-state index < -0.39 is 0 Å². The van der Waals surface area contributed by atoms with E-state index in [1.807, 2.05) is 13.8 Å². The first-order valence-electron chi connectivity index (χ1n) is 6.53. The van der Waals surface area contributed by atoms with Crippen molar-refractivity contribution in [3.8, 4) is 0 Å². The topological polar surface area (TPSA) is 64.9 Å². The molecule has 0 aliphatic heterocycles. The maximum Gasteiger partial charge on any atom is 0.231 e. The Bertz CT molecular complexity index is 588. The molecule has 2 rings (SSSR count). The Kier molecular flexibility index (Phi) is 4.73. The first-order chi connectivity index (χ1) is 9.51. The van der Waals surface area contributed by atoms with Crippen molar-refractivity contribution in [2.24, 2.45) is 5.73 Å². The van der Waals surface area contributed by atoms with Crippen LogP contribution in [0.3, 0.4) is 0 Å². The molecule has 0 radical (unpaired) electrons. The fourth-order valence-corrected chi connectivity index (χ4v) is 2.13. The molecule has 0 saturated heterocycles. The molecular formula is C14H17ClFN3O. The minimum atomic E-state index is -0.366. The van der Waals surface area contributed by atoms with Gasteiger partial charge in [0.05, 0.1) is 5.92 Å². The van der Waals surface area contributed by atoms with Gasteiger partial charge in [0.1, 0.15) is 5.82 Å². The minimum absolute atomic E-state index is 0.00457. The predicted molar refractivity (Wildman–Crippen MR) is 75.2 cm³/mol. The van der Waals surface area contributed by atoms with Crippen molar-refractivity contribution in [2.45, 2.75) is 38.6 Å². The van der Waals surface area contributed by atoms with E-state index in [-0.39, 0.29) is 17.8 Å². The van der Waals surface area contributed by atoms with E-state index >= 15 is 0 Å². The average molecular weight is 298 g/mol. The standard InChI is InChI=1S/C14H17ClFN3O/c1-3-12(17)8(2)14-18-13(19-20-14)6-9-4-5-10(16)7-11(9)15/h4-5,7-8,12H,3,6,17H2,1-2H3. The van der Waals surface area contributed by atoms with Crippen molar-refractivity contribution in [2.75, 3.05) is 0 Å². The molecule has 20 heavy (non-hydrogen) atoms. The highest BCUT2D eigenvalue weighted by Gasteiger charge is 2.20. The third-order valence-electron chi connectivity index (χ3n) is 3.35. The SMILES string of the molecule is CCC(N)C(C)c1nc(Cc2ccc(F)cc2Cl)no1. The van der Waals surface area contributed by atoms with Crippen molar-refractivity contribution in [3.05, 3.63) is 46.3 Å². The molecule has 0 fully saturated rings. The van der Waals surface area contributed by atoms with Gasteiger partial charge in [-0.2, -0.15) is 4.98 Å². The van der Waals surface area contributed by atoms with E-state index in [9.17, 15) is 4.39 Å². The van der Waals surface area contributed by atoms with Crippen LogP contribution in [-0.2, 0) is 6.42 Å². The van der Waals surface area contributed by atoms with Crippen molar-refractivity contribution >= 4 is 11.6 Å². The molecule has 0 saturated carbocycles. The van der Waals surface area contributed by atoms with Gasteiger partial charge in [-0.1, -0.05) is 36.7 Å². The zero-order valence-corrected chi connectivity index (χ0v) is 12.2. The lowest BCUT2D eigenvalue weighted by molar-refractivity contribution is 0.337. The second kappa shape index (κ2) is 6.33. The summed E-state index contributed by atoms with van der Waals surface area (Å²) in [6, 6.07) is 4.23. The molecule has 2 N–H and O–H groups in total. The van der Waals surface area contributed by atoms with Crippen molar-refractivity contribution in [3.63, 3.8) is 0 Å². The van der Waals surface area contributed by atoms with Gasteiger partial charge in [-0.3, -0.25) is 0 Å². The zero-order valence-electron chi connectivity index (χ0n) is 11.4. The molecule has 0 amide bonds. The normalized spacial score (nSPS) is 14.2. The maximum absolute atomic E-state index is 13.0. The quantitative estimate of drug-likeness (QED) is 0.919. The highest BCUT2D eigenvalue weighted by atomic mass is 35.5. The smallest absolute Gasteiger partial charge is 0.231 e. The molecule has 2 unspecified atom stereocenters. The van der Waals surface area contributed by atoms with E-state index in [4.69, 9.17) is 21.9 Å². The molecule has 1 aromatic heterocycles. The van der Waals surface area contributed by atoms with Crippen LogP contribution in [0.25, 0.3) is 0 Å². The summed E-state index contributed by atoms with van der Waals surface area (Å²) in [6.45, 7) is 3.97. The Labute approximate surface area is 122 Å². The summed E-state index contributed by atoms with van der Waals surface area (Å²) < 4.78 is 18.2. The van der Waals surface area contributed by atoms with E-state index in [0.717, 1.165) is 12.0 Å². The van der Waals surface area contributed by atoms with Crippen LogP contribution < -0.4 is 5.73 Å². The van der Waals surface area contributed by atoms with Gasteiger partial charge in [0, 0.05) is 17.5 Å². The van der Waals surface area contributed by atoms with Crippen LogP contribution >= 0.6 is 11.6 Å². The van der Waals surface area contributed by atoms with Crippen LogP contribution in [0.4, 0.5) is 4.39 Å². The summed E-state index contributed by atoms with van der Waals surface area (Å²) in [4.78, 5) is 4.33. The number of benzene rings is 1. The summed E-state index contributed by atoms with van der Waals surface area (Å²) in [5, 5.41) is 4.27. The largest absolute Gasteiger partial charge is 0.339 e. The van der Waals surface area contributed by atoms with Gasteiger partial charge in [-0.25, -0.2) is 4.39 Å². The number of nitrogens with zero attached hydrogens (tertiary/aromatic N) is 2. The van der Waals surface area contributed by atoms with Crippen LogP contribution in [0, 0.1) is 5.82 Å². The molecule has 0 aliphatic carbocycles. The summed E-state index contributed by atoms with van der Waals surface area (Å²) in [6.07, 6.45) is 1.24. The molecule has 0 spiro atoms. The van der Waals surface area contributed by atoms with E-state index in [1.54, 1.807) is 6.07 Å². The van der Waals surface area contributed by atoms with Crippen LogP contribution in [0.15, 0.2) is 22.7 Å². The van der Waals surface area contributed by atoms with Crippen LogP contribution in [-0.4, -0.2) is 16.2 Å². The Morgan fingerprint density at radius 3 is 2.85 bits per heavy atom. The lowest BCUT2D eigenvalue weighted by atomic mass is 10.0. The van der Waals surface area contributed by atoms with Gasteiger partial charge < -0.3 is 10.3 Å². The number of halogens is 2. The van der Waals surface area contributed by atoms with Crippen molar-refractivity contribution in [1.29, 1.82) is 0 Å². The lowest BCUT2D eigenvalue weighted by Gasteiger charge is -2.13. The average Bonchev–Trinajstić information content (AvgIpc) is 2.88. The molecule has 2 atom stereocenters. The maximum atomic E-state index is 13.0. The molecule has 108 valence electrons. The van der Waals surface area contributed by atoms with Crippen LogP contribution in [0.2, 0.25) is 5.02 Å². The minimum Gasteiger partial charge on any atom is -0.339 e. The fourth-order valence-electron chi connectivity index (χ4n) is 1.90. The molecule has 6 heteroatoms. The molecular weight excluding hydrogens is 281 g/mol. The first kappa shape index (κ1) is 14.9. The zero-order chi connectivity index (χ0) is 14.7. The fraction of sp³-hybridized carbons (Fsp3) is 0.429. The summed E-state index contributed by atoms with van der Waals surface area (Å²) in [5.41, 5.74) is 6.72. The summed E-state index contributed by atoms with van der Waals surface area (Å²) in [7, 11) is 0. The van der Waals surface area contributed by atoms with Gasteiger partial charge >= 0.3 is 0 Å². The first-order valence-corrected chi connectivity index (χ1v) is 6.91. The summed E-state index contributed by atoms with van der Waals surface area (Å²) >= 11 is 5.98.